The number of methoxy groups -OCH3 is 2. The summed E-state index contributed by atoms with van der Waals surface area (Å²) >= 11 is 0. The summed E-state index contributed by atoms with van der Waals surface area (Å²) in [7, 11) is -1.07. The van der Waals surface area contributed by atoms with E-state index < -0.39 is 15.4 Å². The number of nitrogens with one attached hydrogen (secondary N) is 2. The Hall–Kier alpha value is -4.12. The monoisotopic (exact) mass is 481 g/mol. The Morgan fingerprint density at radius 1 is 1.00 bits per heavy atom. The number of hydrogen-bond acceptors (Lipinski definition) is 9. The first-order chi connectivity index (χ1) is 16.4. The van der Waals surface area contributed by atoms with E-state index in [-0.39, 0.29) is 23.3 Å². The number of dihydropyridines is 1. The van der Waals surface area contributed by atoms with Crippen molar-refractivity contribution in [3.05, 3.63) is 72.7 Å². The second-order valence-corrected chi connectivity index (χ2v) is 9.01. The van der Waals surface area contributed by atoms with Crippen molar-refractivity contribution in [3.63, 3.8) is 0 Å². The highest BCUT2D eigenvalue weighted by atomic mass is 32.2. The lowest BCUT2D eigenvalue weighted by Crippen LogP contribution is -2.37. The van der Waals surface area contributed by atoms with Crippen molar-refractivity contribution in [2.45, 2.75) is 12.3 Å². The molecular formula is C23H23N5O5S. The standard InChI is InChI=1S/C23H23N5O5S/c1-15-8-9-19(25-14-15)34(29,30)28-22-20(33-18-7-5-4-6-17(18)31-2)23(32-3)27-21(26-22)16-10-12-24-13-11-16/h4-14,19,25H,1-3H3,(H,26,27,28). The maximum Gasteiger partial charge on any atom is 0.263 e. The summed E-state index contributed by atoms with van der Waals surface area (Å²) < 4.78 is 45.8. The molecule has 10 nitrogen and oxygen atoms in total. The van der Waals surface area contributed by atoms with Crippen LogP contribution in [0.4, 0.5) is 5.82 Å². The number of sulfonamides is 1. The van der Waals surface area contributed by atoms with Crippen molar-refractivity contribution in [3.8, 4) is 34.5 Å². The van der Waals surface area contributed by atoms with E-state index in [2.05, 4.69) is 25.0 Å². The molecule has 3 heterocycles. The largest absolute Gasteiger partial charge is 0.493 e. The minimum Gasteiger partial charge on any atom is -0.493 e. The van der Waals surface area contributed by atoms with E-state index in [0.29, 0.717) is 17.1 Å². The zero-order chi connectivity index (χ0) is 24.1. The topological polar surface area (TPSA) is 125 Å². The molecule has 4 rings (SSSR count). The summed E-state index contributed by atoms with van der Waals surface area (Å²) in [4.78, 5) is 12.9. The fourth-order valence-electron chi connectivity index (χ4n) is 3.12. The molecule has 176 valence electrons. The van der Waals surface area contributed by atoms with Crippen molar-refractivity contribution in [2.24, 2.45) is 0 Å². The van der Waals surface area contributed by atoms with Crippen LogP contribution in [0.15, 0.2) is 72.7 Å². The zero-order valence-corrected chi connectivity index (χ0v) is 19.5. The number of aromatic nitrogens is 3. The Balaban J connectivity index is 1.81. The Bertz CT molecular complexity index is 1340. The quantitative estimate of drug-likeness (QED) is 0.497. The highest BCUT2D eigenvalue weighted by molar-refractivity contribution is 7.93. The van der Waals surface area contributed by atoms with Gasteiger partial charge in [-0.25, -0.2) is 13.4 Å². The van der Waals surface area contributed by atoms with Crippen molar-refractivity contribution < 1.29 is 22.6 Å². The first-order valence-corrected chi connectivity index (χ1v) is 11.8. The summed E-state index contributed by atoms with van der Waals surface area (Å²) in [6.45, 7) is 1.86. The third-order valence-corrected chi connectivity index (χ3v) is 6.27. The number of allylic oxidation sites excluding steroid dienone is 2. The van der Waals surface area contributed by atoms with Gasteiger partial charge in [0, 0.05) is 24.2 Å². The summed E-state index contributed by atoms with van der Waals surface area (Å²) in [5, 5.41) is 1.84. The van der Waals surface area contributed by atoms with Gasteiger partial charge in [0.05, 0.1) is 14.2 Å². The Labute approximate surface area is 197 Å². The number of para-hydroxylation sites is 2. The van der Waals surface area contributed by atoms with Crippen LogP contribution in [0.25, 0.3) is 11.4 Å². The molecule has 2 aromatic heterocycles. The van der Waals surface area contributed by atoms with Crippen LogP contribution < -0.4 is 24.2 Å². The first kappa shape index (κ1) is 23.1. The number of benzene rings is 1. The summed E-state index contributed by atoms with van der Waals surface area (Å²) in [6.07, 6.45) is 8.05. The van der Waals surface area contributed by atoms with Crippen molar-refractivity contribution in [2.75, 3.05) is 18.9 Å². The average molecular weight is 482 g/mol. The third-order valence-electron chi connectivity index (χ3n) is 4.83. The molecule has 0 bridgehead atoms. The minimum absolute atomic E-state index is 0.0140. The molecule has 0 amide bonds. The van der Waals surface area contributed by atoms with Crippen LogP contribution in [0, 0.1) is 0 Å². The van der Waals surface area contributed by atoms with E-state index in [4.69, 9.17) is 14.2 Å². The normalized spacial score (nSPS) is 15.1. The van der Waals surface area contributed by atoms with Gasteiger partial charge in [-0.2, -0.15) is 4.98 Å². The van der Waals surface area contributed by atoms with Crippen molar-refractivity contribution in [1.82, 2.24) is 20.3 Å². The third kappa shape index (κ3) is 4.94. The Morgan fingerprint density at radius 3 is 2.38 bits per heavy atom. The van der Waals surface area contributed by atoms with E-state index >= 15 is 0 Å². The fourth-order valence-corrected chi connectivity index (χ4v) is 4.19. The molecule has 0 aliphatic carbocycles. The van der Waals surface area contributed by atoms with Crippen molar-refractivity contribution >= 4 is 15.8 Å². The molecule has 2 N–H and O–H groups in total. The van der Waals surface area contributed by atoms with E-state index in [1.165, 1.54) is 14.2 Å². The Kier molecular flexibility index (Phi) is 6.64. The molecule has 0 spiro atoms. The van der Waals surface area contributed by atoms with E-state index in [1.807, 2.05) is 6.92 Å². The van der Waals surface area contributed by atoms with Gasteiger partial charge in [-0.3, -0.25) is 9.71 Å². The van der Waals surface area contributed by atoms with Gasteiger partial charge in [-0.15, -0.1) is 0 Å². The van der Waals surface area contributed by atoms with Gasteiger partial charge < -0.3 is 19.5 Å². The lowest BCUT2D eigenvalue weighted by molar-refractivity contribution is 0.348. The molecule has 3 aromatic rings. The van der Waals surface area contributed by atoms with Gasteiger partial charge in [0.2, 0.25) is 5.75 Å². The van der Waals surface area contributed by atoms with Crippen molar-refractivity contribution in [1.29, 1.82) is 0 Å². The molecular weight excluding hydrogens is 458 g/mol. The van der Waals surface area contributed by atoms with E-state index in [1.54, 1.807) is 67.1 Å². The van der Waals surface area contributed by atoms with Crippen LogP contribution in [0.2, 0.25) is 0 Å². The SMILES string of the molecule is COc1ccccc1Oc1c(NS(=O)(=O)C2C=CC(C)=CN2)nc(-c2ccncc2)nc1OC. The van der Waals surface area contributed by atoms with Crippen LogP contribution in [0.5, 0.6) is 23.1 Å². The number of hydrogen-bond donors (Lipinski definition) is 2. The van der Waals surface area contributed by atoms with Crippen LogP contribution in [0.1, 0.15) is 6.92 Å². The van der Waals surface area contributed by atoms with Crippen LogP contribution in [-0.4, -0.2) is 43.0 Å². The molecule has 0 saturated heterocycles. The summed E-state index contributed by atoms with van der Waals surface area (Å²) in [6, 6.07) is 10.3. The fraction of sp³-hybridized carbons (Fsp3) is 0.174. The molecule has 0 saturated carbocycles. The maximum absolute atomic E-state index is 13.2. The summed E-state index contributed by atoms with van der Waals surface area (Å²) in [5.41, 5.74) is 1.52. The molecule has 0 fully saturated rings. The Morgan fingerprint density at radius 2 is 1.74 bits per heavy atom. The molecule has 34 heavy (non-hydrogen) atoms. The minimum atomic E-state index is -3.98. The zero-order valence-electron chi connectivity index (χ0n) is 18.7. The second kappa shape index (κ2) is 9.79. The number of nitrogens with zero attached hydrogens (tertiary/aromatic N) is 3. The van der Waals surface area contributed by atoms with Gasteiger partial charge in [0.15, 0.2) is 28.5 Å². The molecule has 0 radical (unpaired) electrons. The molecule has 1 aliphatic heterocycles. The van der Waals surface area contributed by atoms with E-state index in [0.717, 1.165) is 5.57 Å². The van der Waals surface area contributed by atoms with Gasteiger partial charge >= 0.3 is 0 Å². The molecule has 1 atom stereocenters. The van der Waals surface area contributed by atoms with Gasteiger partial charge in [-0.05, 0) is 42.8 Å². The number of pyridine rings is 1. The maximum atomic E-state index is 13.2. The van der Waals surface area contributed by atoms with Crippen LogP contribution >= 0.6 is 0 Å². The first-order valence-electron chi connectivity index (χ1n) is 10.2. The molecule has 11 heteroatoms. The number of anilines is 1. The van der Waals surface area contributed by atoms with Gasteiger partial charge in [0.1, 0.15) is 0 Å². The number of rotatable bonds is 8. The summed E-state index contributed by atoms with van der Waals surface area (Å²) in [5.74, 6) is 0.929. The average Bonchev–Trinajstić information content (AvgIpc) is 2.85. The van der Waals surface area contributed by atoms with Gasteiger partial charge in [-0.1, -0.05) is 18.2 Å². The second-order valence-electron chi connectivity index (χ2n) is 7.20. The predicted molar refractivity (Wildman–Crippen MR) is 127 cm³/mol. The lowest BCUT2D eigenvalue weighted by atomic mass is 10.2. The predicted octanol–water partition coefficient (Wildman–Crippen LogP) is 3.48. The van der Waals surface area contributed by atoms with Gasteiger partial charge in [0.25, 0.3) is 15.9 Å². The molecule has 1 aliphatic rings. The highest BCUT2D eigenvalue weighted by Gasteiger charge is 2.28. The van der Waals surface area contributed by atoms with Crippen LogP contribution in [0.3, 0.4) is 0 Å². The van der Waals surface area contributed by atoms with Crippen LogP contribution in [-0.2, 0) is 10.0 Å². The smallest absolute Gasteiger partial charge is 0.263 e. The van der Waals surface area contributed by atoms with E-state index in [9.17, 15) is 8.42 Å². The molecule has 1 aromatic carbocycles. The highest BCUT2D eigenvalue weighted by Crippen LogP contribution is 2.41. The molecule has 1 unspecified atom stereocenters. The lowest BCUT2D eigenvalue weighted by Gasteiger charge is -2.21. The number of ether oxygens (including phenoxy) is 3.